The zero-order valence-electron chi connectivity index (χ0n) is 9.71. The molecule has 0 aliphatic carbocycles. The first-order chi connectivity index (χ1) is 8.87. The van der Waals surface area contributed by atoms with Crippen molar-refractivity contribution in [3.63, 3.8) is 0 Å². The summed E-state index contributed by atoms with van der Waals surface area (Å²) in [5, 5.41) is 27.0. The number of ketones is 1. The Labute approximate surface area is 112 Å². The van der Waals surface area contributed by atoms with E-state index >= 15 is 0 Å². The third-order valence-electron chi connectivity index (χ3n) is 1.83. The minimum Gasteiger partial charge on any atom is -0.394 e. The van der Waals surface area contributed by atoms with Gasteiger partial charge in [0.25, 0.3) is 0 Å². The van der Waals surface area contributed by atoms with Crippen LogP contribution in [0.1, 0.15) is 0 Å². The van der Waals surface area contributed by atoms with E-state index in [1.165, 1.54) is 0 Å². The average molecular weight is 340 g/mol. The fourth-order valence-corrected chi connectivity index (χ4v) is 1.83. The van der Waals surface area contributed by atoms with Crippen LogP contribution in [0, 0.1) is 0 Å². The van der Waals surface area contributed by atoms with Crippen molar-refractivity contribution in [1.29, 1.82) is 0 Å². The lowest BCUT2D eigenvalue weighted by atomic mass is 10.1. The maximum absolute atomic E-state index is 11.4. The number of Topliss-reactive ketones (excluding diaryl/α,β-unsaturated/α-hetero) is 1. The largest absolute Gasteiger partial charge is 0.470 e. The molecule has 120 valence electrons. The normalized spacial score (nSPS) is 17.6. The minimum absolute atomic E-state index is 1.06. The molecule has 0 bridgehead atoms. The van der Waals surface area contributed by atoms with E-state index in [0.29, 0.717) is 0 Å². The fraction of sp³-hybridized carbons (Fsp3) is 0.833. The van der Waals surface area contributed by atoms with Gasteiger partial charge in [0.2, 0.25) is 0 Å². The van der Waals surface area contributed by atoms with Crippen molar-refractivity contribution in [3.05, 3.63) is 0 Å². The SMILES string of the molecule is O=C(COP(=O)(O)O)[C@@H](OP(=O)(O)O)[C@@H](O)[C@H](O)CO. The minimum atomic E-state index is -5.27. The van der Waals surface area contributed by atoms with Crippen LogP contribution in [-0.4, -0.2) is 72.2 Å². The Kier molecular flexibility index (Phi) is 7.60. The topological polar surface area (TPSA) is 211 Å². The van der Waals surface area contributed by atoms with Gasteiger partial charge in [0.05, 0.1) is 6.61 Å². The smallest absolute Gasteiger partial charge is 0.394 e. The third kappa shape index (κ3) is 8.15. The first-order valence-electron chi connectivity index (χ1n) is 4.81. The molecule has 0 aromatic carbocycles. The van der Waals surface area contributed by atoms with Gasteiger partial charge < -0.3 is 34.9 Å². The number of carbonyl (C=O) groups excluding carboxylic acids is 1. The highest BCUT2D eigenvalue weighted by molar-refractivity contribution is 7.46. The van der Waals surface area contributed by atoms with Crippen molar-refractivity contribution in [1.82, 2.24) is 0 Å². The van der Waals surface area contributed by atoms with Crippen LogP contribution in [0.2, 0.25) is 0 Å². The van der Waals surface area contributed by atoms with Crippen LogP contribution in [0.25, 0.3) is 0 Å². The Balaban J connectivity index is 4.97. The van der Waals surface area contributed by atoms with E-state index in [1.807, 2.05) is 0 Å². The molecular formula is C6H14O12P2. The van der Waals surface area contributed by atoms with Gasteiger partial charge in [-0.1, -0.05) is 0 Å². The summed E-state index contributed by atoms with van der Waals surface area (Å²) < 4.78 is 28.7. The standard InChI is InChI=1S/C6H14O12P2/c7-1-3(8)5(10)6(18-20(14,15)16)4(9)2-17-19(11,12)13/h3,5-8,10H,1-2H2,(H2,11,12,13)(H2,14,15,16)/t3-,5+,6-/m1/s1. The molecule has 0 radical (unpaired) electrons. The number of carbonyl (C=O) groups is 1. The molecule has 7 N–H and O–H groups in total. The van der Waals surface area contributed by atoms with Crippen LogP contribution in [0.4, 0.5) is 0 Å². The summed E-state index contributed by atoms with van der Waals surface area (Å²) >= 11 is 0. The summed E-state index contributed by atoms with van der Waals surface area (Å²) in [6.07, 6.45) is -6.59. The van der Waals surface area contributed by atoms with E-state index in [0.717, 1.165) is 0 Å². The molecule has 0 rings (SSSR count). The molecule has 14 heteroatoms. The molecule has 0 saturated heterocycles. The van der Waals surface area contributed by atoms with Crippen LogP contribution in [0.15, 0.2) is 0 Å². The zero-order chi connectivity index (χ0) is 16.1. The predicted molar refractivity (Wildman–Crippen MR) is 59.0 cm³/mol. The monoisotopic (exact) mass is 340 g/mol. The van der Waals surface area contributed by atoms with E-state index < -0.39 is 53.0 Å². The number of hydrogen-bond acceptors (Lipinski definition) is 8. The molecule has 0 aliphatic rings. The van der Waals surface area contributed by atoms with Gasteiger partial charge in [0, 0.05) is 0 Å². The Morgan fingerprint density at radius 2 is 1.55 bits per heavy atom. The quantitative estimate of drug-likeness (QED) is 0.207. The van der Waals surface area contributed by atoms with Gasteiger partial charge >= 0.3 is 15.6 Å². The second kappa shape index (κ2) is 7.69. The highest BCUT2D eigenvalue weighted by Gasteiger charge is 2.38. The van der Waals surface area contributed by atoms with Gasteiger partial charge in [0.15, 0.2) is 11.9 Å². The van der Waals surface area contributed by atoms with Crippen molar-refractivity contribution in [2.24, 2.45) is 0 Å². The number of phosphoric acid groups is 2. The first-order valence-corrected chi connectivity index (χ1v) is 7.87. The summed E-state index contributed by atoms with van der Waals surface area (Å²) in [6.45, 7) is -2.40. The fourth-order valence-electron chi connectivity index (χ4n) is 0.999. The van der Waals surface area contributed by atoms with Crippen LogP contribution in [0.3, 0.4) is 0 Å². The molecule has 0 aliphatic heterocycles. The van der Waals surface area contributed by atoms with Gasteiger partial charge in [0.1, 0.15) is 18.8 Å². The Morgan fingerprint density at radius 1 is 1.05 bits per heavy atom. The Hall–Kier alpha value is -0.230. The molecule has 0 saturated carbocycles. The van der Waals surface area contributed by atoms with Crippen molar-refractivity contribution in [2.45, 2.75) is 18.3 Å². The summed E-state index contributed by atoms with van der Waals surface area (Å²) in [6, 6.07) is 0. The summed E-state index contributed by atoms with van der Waals surface area (Å²) in [7, 11) is -10.3. The maximum atomic E-state index is 11.4. The van der Waals surface area contributed by atoms with Gasteiger partial charge in [-0.05, 0) is 0 Å². The molecule has 0 heterocycles. The van der Waals surface area contributed by atoms with Crippen molar-refractivity contribution >= 4 is 21.4 Å². The highest BCUT2D eigenvalue weighted by atomic mass is 31.2. The van der Waals surface area contributed by atoms with E-state index in [-0.39, 0.29) is 0 Å². The number of hydrogen-bond donors (Lipinski definition) is 7. The Bertz CT molecular complexity index is 410. The van der Waals surface area contributed by atoms with E-state index in [9.17, 15) is 19.0 Å². The van der Waals surface area contributed by atoms with Gasteiger partial charge in [-0.2, -0.15) is 0 Å². The first kappa shape index (κ1) is 19.8. The molecule has 0 unspecified atom stereocenters. The lowest BCUT2D eigenvalue weighted by Crippen LogP contribution is -2.46. The average Bonchev–Trinajstić information content (AvgIpc) is 2.29. The molecule has 0 spiro atoms. The molecule has 0 amide bonds. The predicted octanol–water partition coefficient (Wildman–Crippen LogP) is -3.14. The Morgan fingerprint density at radius 3 is 1.90 bits per heavy atom. The van der Waals surface area contributed by atoms with Crippen LogP contribution in [0.5, 0.6) is 0 Å². The maximum Gasteiger partial charge on any atom is 0.470 e. The highest BCUT2D eigenvalue weighted by Crippen LogP contribution is 2.40. The summed E-state index contributed by atoms with van der Waals surface area (Å²) in [4.78, 5) is 45.3. The number of aliphatic hydroxyl groups excluding tert-OH is 3. The van der Waals surface area contributed by atoms with Gasteiger partial charge in [-0.15, -0.1) is 0 Å². The zero-order valence-corrected chi connectivity index (χ0v) is 11.5. The van der Waals surface area contributed by atoms with Crippen molar-refractivity contribution in [3.8, 4) is 0 Å². The summed E-state index contributed by atoms with van der Waals surface area (Å²) in [5.74, 6) is -1.46. The van der Waals surface area contributed by atoms with Crippen molar-refractivity contribution in [2.75, 3.05) is 13.2 Å². The summed E-state index contributed by atoms with van der Waals surface area (Å²) in [5.41, 5.74) is 0. The molecule has 20 heavy (non-hydrogen) atoms. The second-order valence-corrected chi connectivity index (χ2v) is 5.92. The number of phosphoric ester groups is 2. The number of aliphatic hydroxyl groups is 3. The van der Waals surface area contributed by atoms with Gasteiger partial charge in [-0.25, -0.2) is 9.13 Å². The van der Waals surface area contributed by atoms with Gasteiger partial charge in [-0.3, -0.25) is 13.8 Å². The van der Waals surface area contributed by atoms with Crippen molar-refractivity contribution < 1.29 is 57.9 Å². The molecule has 0 aromatic heterocycles. The number of rotatable bonds is 9. The van der Waals surface area contributed by atoms with Crippen LogP contribution in [-0.2, 0) is 23.0 Å². The molecule has 12 nitrogen and oxygen atoms in total. The van der Waals surface area contributed by atoms with E-state index in [4.69, 9.17) is 29.8 Å². The second-order valence-electron chi connectivity index (χ2n) is 3.49. The molecule has 3 atom stereocenters. The van der Waals surface area contributed by atoms with Crippen LogP contribution >= 0.6 is 15.6 Å². The molecular weight excluding hydrogens is 326 g/mol. The molecule has 0 aromatic rings. The molecule has 0 fully saturated rings. The van der Waals surface area contributed by atoms with E-state index in [2.05, 4.69) is 9.05 Å². The lowest BCUT2D eigenvalue weighted by molar-refractivity contribution is -0.141. The van der Waals surface area contributed by atoms with E-state index in [1.54, 1.807) is 0 Å². The lowest BCUT2D eigenvalue weighted by Gasteiger charge is -2.24. The third-order valence-corrected chi connectivity index (χ3v) is 2.80. The van der Waals surface area contributed by atoms with Crippen LogP contribution < -0.4 is 0 Å².